The van der Waals surface area contributed by atoms with Crippen LogP contribution in [0.1, 0.15) is 33.4 Å². The molecule has 1 aliphatic rings. The lowest BCUT2D eigenvalue weighted by atomic mass is 9.93. The number of nitrogens with zero attached hydrogens (tertiary/aromatic N) is 1. The Balaban J connectivity index is 1.82. The van der Waals surface area contributed by atoms with Crippen LogP contribution in [0.15, 0.2) is 29.6 Å². The number of hydrogen-bond acceptors (Lipinski definition) is 5. The molecule has 0 saturated heterocycles. The summed E-state index contributed by atoms with van der Waals surface area (Å²) in [4.78, 5) is 29.4. The number of aromatic nitrogens is 1. The largest absolute Gasteiger partial charge is 0.466 e. The van der Waals surface area contributed by atoms with Crippen molar-refractivity contribution in [2.45, 2.75) is 38.7 Å². The van der Waals surface area contributed by atoms with Crippen LogP contribution in [-0.4, -0.2) is 22.4 Å². The molecule has 0 fully saturated rings. The third kappa shape index (κ3) is 2.87. The molecule has 7 heteroatoms. The SMILES string of the molecule is CC1(C(=O)Nc2nc(C(C)(C)C)cs2)Oc2ccccc2NC1=O. The maximum Gasteiger partial charge on any atom is 0.280 e. The molecule has 2 heterocycles. The van der Waals surface area contributed by atoms with Crippen molar-refractivity contribution in [2.24, 2.45) is 0 Å². The zero-order chi connectivity index (χ0) is 17.5. The van der Waals surface area contributed by atoms with Crippen molar-refractivity contribution in [2.75, 3.05) is 10.6 Å². The van der Waals surface area contributed by atoms with E-state index in [1.165, 1.54) is 18.3 Å². The van der Waals surface area contributed by atoms with Crippen LogP contribution < -0.4 is 15.4 Å². The summed E-state index contributed by atoms with van der Waals surface area (Å²) in [7, 11) is 0. The second-order valence-electron chi connectivity index (χ2n) is 6.83. The number of thiazole rings is 1. The fourth-order valence-electron chi connectivity index (χ4n) is 2.21. The van der Waals surface area contributed by atoms with Crippen LogP contribution in [0.3, 0.4) is 0 Å². The Bertz CT molecular complexity index is 809. The van der Waals surface area contributed by atoms with Gasteiger partial charge in [-0.3, -0.25) is 14.9 Å². The number of rotatable bonds is 2. The molecule has 2 N–H and O–H groups in total. The van der Waals surface area contributed by atoms with Crippen LogP contribution in [0.25, 0.3) is 0 Å². The van der Waals surface area contributed by atoms with Gasteiger partial charge in [0.15, 0.2) is 5.13 Å². The van der Waals surface area contributed by atoms with E-state index in [-0.39, 0.29) is 5.41 Å². The first kappa shape index (κ1) is 16.4. The Morgan fingerprint density at radius 3 is 2.71 bits per heavy atom. The molecule has 2 aromatic rings. The highest BCUT2D eigenvalue weighted by Gasteiger charge is 2.47. The number of hydrogen-bond donors (Lipinski definition) is 2. The van der Waals surface area contributed by atoms with Gasteiger partial charge in [-0.15, -0.1) is 11.3 Å². The summed E-state index contributed by atoms with van der Waals surface area (Å²) >= 11 is 1.32. The normalized spacial score (nSPS) is 19.9. The quantitative estimate of drug-likeness (QED) is 0.819. The van der Waals surface area contributed by atoms with Gasteiger partial charge in [-0.05, 0) is 19.1 Å². The minimum absolute atomic E-state index is 0.110. The maximum absolute atomic E-state index is 12.6. The van der Waals surface area contributed by atoms with Crippen LogP contribution in [0.2, 0.25) is 0 Å². The van der Waals surface area contributed by atoms with E-state index >= 15 is 0 Å². The van der Waals surface area contributed by atoms with Gasteiger partial charge in [0.2, 0.25) is 0 Å². The number of ether oxygens (including phenoxy) is 1. The fourth-order valence-corrected chi connectivity index (χ4v) is 3.14. The van der Waals surface area contributed by atoms with Crippen molar-refractivity contribution >= 4 is 34.0 Å². The van der Waals surface area contributed by atoms with Gasteiger partial charge >= 0.3 is 0 Å². The third-order valence-electron chi connectivity index (χ3n) is 3.81. The second-order valence-corrected chi connectivity index (χ2v) is 7.69. The van der Waals surface area contributed by atoms with Crippen LogP contribution in [0.4, 0.5) is 10.8 Å². The Labute approximate surface area is 144 Å². The highest BCUT2D eigenvalue weighted by atomic mass is 32.1. The van der Waals surface area contributed by atoms with Crippen molar-refractivity contribution in [1.29, 1.82) is 0 Å². The molecule has 3 rings (SSSR count). The van der Waals surface area contributed by atoms with Gasteiger partial charge < -0.3 is 10.1 Å². The lowest BCUT2D eigenvalue weighted by Crippen LogP contribution is -2.56. The van der Waals surface area contributed by atoms with Gasteiger partial charge in [-0.25, -0.2) is 4.98 Å². The van der Waals surface area contributed by atoms with Crippen LogP contribution in [0.5, 0.6) is 5.75 Å². The van der Waals surface area contributed by atoms with Crippen LogP contribution in [0, 0.1) is 0 Å². The molecule has 0 aliphatic carbocycles. The van der Waals surface area contributed by atoms with E-state index < -0.39 is 17.4 Å². The molecule has 2 amide bonds. The summed E-state index contributed by atoms with van der Waals surface area (Å²) in [5.41, 5.74) is -0.326. The highest BCUT2D eigenvalue weighted by Crippen LogP contribution is 2.34. The smallest absolute Gasteiger partial charge is 0.280 e. The first-order valence-corrected chi connectivity index (χ1v) is 8.45. The van der Waals surface area contributed by atoms with E-state index in [0.29, 0.717) is 16.6 Å². The zero-order valence-electron chi connectivity index (χ0n) is 14.0. The number of fused-ring (bicyclic) bond motifs is 1. The summed E-state index contributed by atoms with van der Waals surface area (Å²) in [6.07, 6.45) is 0. The van der Waals surface area contributed by atoms with E-state index in [4.69, 9.17) is 4.74 Å². The molecule has 0 bridgehead atoms. The van der Waals surface area contributed by atoms with Gasteiger partial charge in [0.25, 0.3) is 17.4 Å². The summed E-state index contributed by atoms with van der Waals surface area (Å²) in [6.45, 7) is 7.59. The van der Waals surface area contributed by atoms with Crippen LogP contribution in [-0.2, 0) is 15.0 Å². The first-order valence-electron chi connectivity index (χ1n) is 7.57. The molecule has 1 unspecified atom stereocenters. The van der Waals surface area contributed by atoms with E-state index in [9.17, 15) is 9.59 Å². The van der Waals surface area contributed by atoms with Crippen molar-refractivity contribution in [3.05, 3.63) is 35.3 Å². The molecule has 1 aliphatic heterocycles. The molecule has 6 nitrogen and oxygen atoms in total. The number of amides is 2. The number of nitrogens with one attached hydrogen (secondary N) is 2. The van der Waals surface area contributed by atoms with Gasteiger partial charge in [0, 0.05) is 10.8 Å². The fraction of sp³-hybridized carbons (Fsp3) is 0.353. The van der Waals surface area contributed by atoms with E-state index in [1.807, 2.05) is 26.2 Å². The second kappa shape index (κ2) is 5.59. The molecule has 1 atom stereocenters. The van der Waals surface area contributed by atoms with E-state index in [1.54, 1.807) is 24.3 Å². The monoisotopic (exact) mass is 345 g/mol. The molecular formula is C17H19N3O3S. The highest BCUT2D eigenvalue weighted by molar-refractivity contribution is 7.14. The summed E-state index contributed by atoms with van der Waals surface area (Å²) in [5.74, 6) is -0.597. The lowest BCUT2D eigenvalue weighted by Gasteiger charge is -2.32. The van der Waals surface area contributed by atoms with Gasteiger partial charge in [-0.2, -0.15) is 0 Å². The minimum atomic E-state index is -1.65. The average Bonchev–Trinajstić information content (AvgIpc) is 2.97. The van der Waals surface area contributed by atoms with Crippen molar-refractivity contribution in [1.82, 2.24) is 4.98 Å². The predicted octanol–water partition coefficient (Wildman–Crippen LogP) is 3.17. The number of carbonyl (C=O) groups is 2. The van der Waals surface area contributed by atoms with Gasteiger partial charge in [0.05, 0.1) is 11.4 Å². The Morgan fingerprint density at radius 2 is 2.04 bits per heavy atom. The average molecular weight is 345 g/mol. The van der Waals surface area contributed by atoms with E-state index in [0.717, 1.165) is 5.69 Å². The van der Waals surface area contributed by atoms with Crippen molar-refractivity contribution in [3.63, 3.8) is 0 Å². The lowest BCUT2D eigenvalue weighted by molar-refractivity contribution is -0.143. The minimum Gasteiger partial charge on any atom is -0.466 e. The van der Waals surface area contributed by atoms with Gasteiger partial charge in [-0.1, -0.05) is 32.9 Å². The third-order valence-corrected chi connectivity index (χ3v) is 4.57. The summed E-state index contributed by atoms with van der Waals surface area (Å²) in [6, 6.07) is 7.00. The topological polar surface area (TPSA) is 80.3 Å². The first-order chi connectivity index (χ1) is 11.2. The molecular weight excluding hydrogens is 326 g/mol. The van der Waals surface area contributed by atoms with Crippen LogP contribution >= 0.6 is 11.3 Å². The molecule has 0 spiro atoms. The van der Waals surface area contributed by atoms with E-state index in [2.05, 4.69) is 15.6 Å². The predicted molar refractivity (Wildman–Crippen MR) is 93.5 cm³/mol. The Hall–Kier alpha value is -2.41. The number of benzene rings is 1. The molecule has 24 heavy (non-hydrogen) atoms. The summed E-state index contributed by atoms with van der Waals surface area (Å²) < 4.78 is 5.69. The van der Waals surface area contributed by atoms with Gasteiger partial charge in [0.1, 0.15) is 5.75 Å². The van der Waals surface area contributed by atoms with Crippen molar-refractivity contribution < 1.29 is 14.3 Å². The molecule has 1 aromatic carbocycles. The molecule has 0 radical (unpaired) electrons. The van der Waals surface area contributed by atoms with Crippen molar-refractivity contribution in [3.8, 4) is 5.75 Å². The zero-order valence-corrected chi connectivity index (χ0v) is 14.8. The number of carbonyl (C=O) groups excluding carboxylic acids is 2. The molecule has 0 saturated carbocycles. The standard InChI is InChI=1S/C17H19N3O3S/c1-16(2,3)12-9-24-15(19-12)20-14(22)17(4)13(21)18-10-7-5-6-8-11(10)23-17/h5-9H,1-4H3,(H,18,21)(H,19,20,22). The summed E-state index contributed by atoms with van der Waals surface area (Å²) in [5, 5.41) is 7.74. The number of anilines is 2. The Morgan fingerprint density at radius 1 is 1.33 bits per heavy atom. The Kier molecular flexibility index (Phi) is 3.83. The molecule has 1 aromatic heterocycles. The molecule has 126 valence electrons. The maximum atomic E-state index is 12.6. The number of para-hydroxylation sites is 2.